The van der Waals surface area contributed by atoms with E-state index in [0.29, 0.717) is 12.0 Å². The van der Waals surface area contributed by atoms with Gasteiger partial charge in [-0.3, -0.25) is 14.3 Å². The van der Waals surface area contributed by atoms with E-state index in [2.05, 4.69) is 17.3 Å². The van der Waals surface area contributed by atoms with Gasteiger partial charge in [-0.25, -0.2) is 0 Å². The van der Waals surface area contributed by atoms with E-state index in [1.54, 1.807) is 17.8 Å². The summed E-state index contributed by atoms with van der Waals surface area (Å²) in [5.74, 6) is 0.690. The highest BCUT2D eigenvalue weighted by atomic mass is 16.2. The molecule has 0 aliphatic carbocycles. The Bertz CT molecular complexity index is 629. The summed E-state index contributed by atoms with van der Waals surface area (Å²) >= 11 is 0. The molecule has 0 unspecified atom stereocenters. The maximum absolute atomic E-state index is 12.9. The zero-order valence-corrected chi connectivity index (χ0v) is 15.4. The summed E-state index contributed by atoms with van der Waals surface area (Å²) in [5.41, 5.74) is 0.873. The third kappa shape index (κ3) is 3.86. The number of hydrogen-bond acceptors (Lipinski definition) is 4. The number of rotatable bonds is 4. The summed E-state index contributed by atoms with van der Waals surface area (Å²) in [4.78, 5) is 28.4. The van der Waals surface area contributed by atoms with E-state index < -0.39 is 0 Å². The molecule has 7 nitrogen and oxygen atoms in total. The first-order valence-electron chi connectivity index (χ1n) is 9.31. The first kappa shape index (κ1) is 17.9. The van der Waals surface area contributed by atoms with Gasteiger partial charge in [0, 0.05) is 45.8 Å². The molecule has 0 spiro atoms. The molecule has 3 rings (SSSR count). The number of piperidine rings is 2. The molecule has 1 aromatic heterocycles. The molecule has 2 saturated heterocycles. The zero-order valence-electron chi connectivity index (χ0n) is 15.4. The van der Waals surface area contributed by atoms with E-state index in [1.165, 1.54) is 0 Å². The van der Waals surface area contributed by atoms with Gasteiger partial charge in [-0.1, -0.05) is 13.3 Å². The lowest BCUT2D eigenvalue weighted by molar-refractivity contribution is -0.131. The van der Waals surface area contributed by atoms with Gasteiger partial charge in [0.1, 0.15) is 0 Å². The number of hydrogen-bond donors (Lipinski definition) is 1. The van der Waals surface area contributed by atoms with Crippen LogP contribution in [0.1, 0.15) is 39.5 Å². The normalized spacial score (nSPS) is 27.6. The topological polar surface area (TPSA) is 70.5 Å². The first-order chi connectivity index (χ1) is 12.0. The summed E-state index contributed by atoms with van der Waals surface area (Å²) in [7, 11) is 1.86. The minimum absolute atomic E-state index is 0.142. The molecule has 1 N–H and O–H groups in total. The fourth-order valence-electron chi connectivity index (χ4n) is 4.04. The second kappa shape index (κ2) is 7.56. The third-order valence-electron chi connectivity index (χ3n) is 5.56. The Kier molecular flexibility index (Phi) is 5.42. The lowest BCUT2D eigenvalue weighted by atomic mass is 9.88. The number of likely N-dealkylation sites (tertiary alicyclic amines) is 1. The van der Waals surface area contributed by atoms with Gasteiger partial charge in [0.2, 0.25) is 11.8 Å². The van der Waals surface area contributed by atoms with Gasteiger partial charge in [0.25, 0.3) is 0 Å². The molecule has 0 saturated carbocycles. The maximum Gasteiger partial charge on any atom is 0.244 e. The van der Waals surface area contributed by atoms with Gasteiger partial charge in [0.05, 0.1) is 17.9 Å². The molecule has 7 heteroatoms. The van der Waals surface area contributed by atoms with Crippen molar-refractivity contribution in [3.8, 4) is 0 Å². The average Bonchev–Trinajstić information content (AvgIpc) is 3.03. The van der Waals surface area contributed by atoms with Crippen LogP contribution >= 0.6 is 0 Å². The summed E-state index contributed by atoms with van der Waals surface area (Å²) in [6, 6.07) is 0.153. The van der Waals surface area contributed by atoms with Gasteiger partial charge in [-0.2, -0.15) is 5.10 Å². The number of carbonyl (C=O) groups is 2. The Morgan fingerprint density at radius 1 is 1.36 bits per heavy atom. The first-order valence-corrected chi connectivity index (χ1v) is 9.31. The number of aryl methyl sites for hydroxylation is 1. The molecule has 2 aliphatic heterocycles. The summed E-state index contributed by atoms with van der Waals surface area (Å²) in [6.07, 6.45) is 7.42. The number of amides is 2. The van der Waals surface area contributed by atoms with Gasteiger partial charge < -0.3 is 15.1 Å². The molecular formula is C18H29N5O2. The van der Waals surface area contributed by atoms with Crippen LogP contribution in [-0.2, 0) is 16.6 Å². The quantitative estimate of drug-likeness (QED) is 0.887. The van der Waals surface area contributed by atoms with Crippen molar-refractivity contribution in [1.29, 1.82) is 0 Å². The molecule has 0 radical (unpaired) electrons. The summed E-state index contributed by atoms with van der Waals surface area (Å²) in [6.45, 7) is 6.11. The minimum Gasteiger partial charge on any atom is -0.343 e. The Morgan fingerprint density at radius 2 is 2.16 bits per heavy atom. The maximum atomic E-state index is 12.9. The Hall–Kier alpha value is -1.89. The molecular weight excluding hydrogens is 318 g/mol. The van der Waals surface area contributed by atoms with Crippen LogP contribution in [0.3, 0.4) is 0 Å². The van der Waals surface area contributed by atoms with Crippen molar-refractivity contribution in [2.45, 2.75) is 51.6 Å². The fourth-order valence-corrected chi connectivity index (χ4v) is 4.04. The van der Waals surface area contributed by atoms with Gasteiger partial charge in [-0.15, -0.1) is 0 Å². The highest BCUT2D eigenvalue weighted by Gasteiger charge is 2.35. The summed E-state index contributed by atoms with van der Waals surface area (Å²) in [5, 5.41) is 7.80. The molecule has 3 atom stereocenters. The standard InChI is InChI=1S/C18H29N5O2/c1-4-14-11-22(13(2)24)9-7-16(14)20-17-6-5-8-23(18(17)25)15-10-19-21(3)12-15/h10,12,14,16-17,20H,4-9,11H2,1-3H3/t14-,16+,17-/m1/s1. The Balaban J connectivity index is 1.65. The fraction of sp³-hybridized carbons (Fsp3) is 0.722. The molecule has 2 aliphatic rings. The Morgan fingerprint density at radius 3 is 2.80 bits per heavy atom. The number of carbonyl (C=O) groups excluding carboxylic acids is 2. The molecule has 138 valence electrons. The monoisotopic (exact) mass is 347 g/mol. The smallest absolute Gasteiger partial charge is 0.244 e. The molecule has 3 heterocycles. The van der Waals surface area contributed by atoms with Crippen LogP contribution in [-0.4, -0.2) is 58.2 Å². The number of anilines is 1. The highest BCUT2D eigenvalue weighted by Crippen LogP contribution is 2.24. The molecule has 2 amide bonds. The van der Waals surface area contributed by atoms with Crippen molar-refractivity contribution in [3.05, 3.63) is 12.4 Å². The number of nitrogens with one attached hydrogen (secondary N) is 1. The number of nitrogens with zero attached hydrogens (tertiary/aromatic N) is 4. The minimum atomic E-state index is -0.142. The molecule has 1 aromatic rings. The van der Waals surface area contributed by atoms with Crippen LogP contribution in [0.25, 0.3) is 0 Å². The second-order valence-corrected chi connectivity index (χ2v) is 7.25. The van der Waals surface area contributed by atoms with Crippen LogP contribution in [0.15, 0.2) is 12.4 Å². The van der Waals surface area contributed by atoms with Crippen LogP contribution in [0.2, 0.25) is 0 Å². The molecule has 0 aromatic carbocycles. The zero-order chi connectivity index (χ0) is 18.0. The third-order valence-corrected chi connectivity index (χ3v) is 5.56. The Labute approximate surface area is 149 Å². The lowest BCUT2D eigenvalue weighted by Crippen LogP contribution is -2.58. The second-order valence-electron chi connectivity index (χ2n) is 7.25. The highest BCUT2D eigenvalue weighted by molar-refractivity contribution is 5.97. The van der Waals surface area contributed by atoms with E-state index in [4.69, 9.17) is 0 Å². The van der Waals surface area contributed by atoms with E-state index in [-0.39, 0.29) is 17.9 Å². The van der Waals surface area contributed by atoms with Crippen molar-refractivity contribution in [2.24, 2.45) is 13.0 Å². The van der Waals surface area contributed by atoms with Crippen LogP contribution < -0.4 is 10.2 Å². The van der Waals surface area contributed by atoms with E-state index >= 15 is 0 Å². The molecule has 25 heavy (non-hydrogen) atoms. The van der Waals surface area contributed by atoms with Gasteiger partial charge in [0.15, 0.2) is 0 Å². The molecule has 0 bridgehead atoms. The van der Waals surface area contributed by atoms with E-state index in [0.717, 1.165) is 51.0 Å². The summed E-state index contributed by atoms with van der Waals surface area (Å²) < 4.78 is 1.73. The lowest BCUT2D eigenvalue weighted by Gasteiger charge is -2.41. The van der Waals surface area contributed by atoms with Crippen molar-refractivity contribution >= 4 is 17.5 Å². The molecule has 2 fully saturated rings. The van der Waals surface area contributed by atoms with E-state index in [1.807, 2.05) is 23.0 Å². The van der Waals surface area contributed by atoms with Gasteiger partial charge in [-0.05, 0) is 25.2 Å². The van der Waals surface area contributed by atoms with E-state index in [9.17, 15) is 9.59 Å². The largest absolute Gasteiger partial charge is 0.343 e. The predicted molar refractivity (Wildman–Crippen MR) is 96.2 cm³/mol. The van der Waals surface area contributed by atoms with Crippen molar-refractivity contribution in [3.63, 3.8) is 0 Å². The predicted octanol–water partition coefficient (Wildman–Crippen LogP) is 1.15. The number of aromatic nitrogens is 2. The van der Waals surface area contributed by atoms with Gasteiger partial charge >= 0.3 is 0 Å². The average molecular weight is 347 g/mol. The van der Waals surface area contributed by atoms with Crippen LogP contribution in [0, 0.1) is 5.92 Å². The van der Waals surface area contributed by atoms with Crippen molar-refractivity contribution < 1.29 is 9.59 Å². The van der Waals surface area contributed by atoms with Crippen molar-refractivity contribution in [1.82, 2.24) is 20.0 Å². The SMILES string of the molecule is CC[C@@H]1CN(C(C)=O)CC[C@@H]1N[C@@H]1CCCN(c2cnn(C)c2)C1=O. The van der Waals surface area contributed by atoms with Crippen LogP contribution in [0.5, 0.6) is 0 Å². The van der Waals surface area contributed by atoms with Crippen LogP contribution in [0.4, 0.5) is 5.69 Å². The van der Waals surface area contributed by atoms with Crippen molar-refractivity contribution in [2.75, 3.05) is 24.5 Å².